The first kappa shape index (κ1) is 48.8. The molecular weight excluding hydrogens is 805 g/mol. The topological polar surface area (TPSA) is 138 Å². The Labute approximate surface area is 323 Å². The van der Waals surface area contributed by atoms with Gasteiger partial charge in [0, 0.05) is 65.7 Å². The van der Waals surface area contributed by atoms with E-state index in [1.54, 1.807) is 94.1 Å². The molecule has 0 rings (SSSR count). The maximum Gasteiger partial charge on any atom is 0.307 e. The molecule has 0 unspecified atom stereocenters. The summed E-state index contributed by atoms with van der Waals surface area (Å²) >= 11 is 16.7. The van der Waals surface area contributed by atoms with Crippen LogP contribution in [0.4, 0.5) is 0 Å². The summed E-state index contributed by atoms with van der Waals surface area (Å²) in [6.07, 6.45) is 2.10. The van der Waals surface area contributed by atoms with Crippen molar-refractivity contribution in [3.05, 3.63) is 0 Å². The number of carbonyl (C=O) groups is 3. The molecule has 0 saturated carbocycles. The van der Waals surface area contributed by atoms with Crippen molar-refractivity contribution >= 4 is 136 Å². The Hall–Kier alpha value is 1.75. The van der Waals surface area contributed by atoms with Gasteiger partial charge in [-0.3, -0.25) is 14.4 Å². The molecule has 2 N–H and O–H groups in total. The first-order valence-electron chi connectivity index (χ1n) is 14.8. The number of aliphatic hydroxyl groups is 2. The molecule has 20 heteroatoms. The highest BCUT2D eigenvalue weighted by Gasteiger charge is 2.06. The highest BCUT2D eigenvalue weighted by molar-refractivity contribution is 8.17. The van der Waals surface area contributed by atoms with Crippen molar-refractivity contribution in [1.82, 2.24) is 0 Å². The minimum absolute atomic E-state index is 0.161. The van der Waals surface area contributed by atoms with Gasteiger partial charge in [-0.25, -0.2) is 9.78 Å². The third-order valence-electron chi connectivity index (χ3n) is 4.66. The fraction of sp³-hybridized carbons (Fsp3) is 0.889. The van der Waals surface area contributed by atoms with Crippen molar-refractivity contribution in [3.8, 4) is 0 Å². The van der Waals surface area contributed by atoms with Crippen LogP contribution in [-0.4, -0.2) is 144 Å². The number of rotatable bonds is 38. The lowest BCUT2D eigenvalue weighted by atomic mass is 10.5. The van der Waals surface area contributed by atoms with Gasteiger partial charge < -0.3 is 24.4 Å². The Morgan fingerprint density at radius 1 is 0.404 bits per heavy atom. The van der Waals surface area contributed by atoms with E-state index >= 15 is 0 Å². The second kappa shape index (κ2) is 42.2. The monoisotopic (exact) mass is 854 g/mol. The van der Waals surface area contributed by atoms with Gasteiger partial charge in [0.05, 0.1) is 45.7 Å². The normalized spacial score (nSPS) is 11.1. The number of hydrogen-bond donors (Lipinski definition) is 2. The van der Waals surface area contributed by atoms with E-state index < -0.39 is 0 Å². The van der Waals surface area contributed by atoms with Crippen LogP contribution >= 0.6 is 118 Å². The van der Waals surface area contributed by atoms with Crippen molar-refractivity contribution in [2.45, 2.75) is 25.7 Å². The Morgan fingerprint density at radius 2 is 0.787 bits per heavy atom. The molecule has 10 nitrogen and oxygen atoms in total. The number of ether oxygens (including phenoxy) is 3. The molecule has 0 fully saturated rings. The molecule has 0 radical (unpaired) electrons. The van der Waals surface area contributed by atoms with Crippen molar-refractivity contribution in [2.75, 3.05) is 116 Å². The maximum absolute atomic E-state index is 11.9. The first-order chi connectivity index (χ1) is 23.1. The minimum atomic E-state index is -0.194. The van der Waals surface area contributed by atoms with Crippen molar-refractivity contribution < 1.29 is 48.6 Å². The molecule has 0 spiro atoms. The zero-order chi connectivity index (χ0) is 34.3. The molecule has 0 amide bonds. The van der Waals surface area contributed by atoms with Crippen LogP contribution in [0, 0.1) is 0 Å². The van der Waals surface area contributed by atoms with Gasteiger partial charge in [0.25, 0.3) is 0 Å². The summed E-state index contributed by atoms with van der Waals surface area (Å²) in [6, 6.07) is 0. The van der Waals surface area contributed by atoms with Gasteiger partial charge in [-0.15, -0.1) is 70.6 Å². The number of hydrogen-bond acceptors (Lipinski definition) is 20. The van der Waals surface area contributed by atoms with E-state index in [0.29, 0.717) is 74.0 Å². The number of thioether (sulfide) groups is 10. The van der Waals surface area contributed by atoms with E-state index in [-0.39, 0.29) is 31.1 Å². The summed E-state index contributed by atoms with van der Waals surface area (Å²) in [4.78, 5) is 45.6. The Morgan fingerprint density at radius 3 is 1.30 bits per heavy atom. The van der Waals surface area contributed by atoms with E-state index in [4.69, 9.17) is 34.2 Å². The third kappa shape index (κ3) is 42.1. The molecule has 0 bridgehead atoms. The fourth-order valence-electron chi connectivity index (χ4n) is 2.51. The summed E-state index contributed by atoms with van der Waals surface area (Å²) in [5.41, 5.74) is 0. The molecule has 0 heterocycles. The molecule has 0 aromatic rings. The van der Waals surface area contributed by atoms with Crippen LogP contribution in [0.15, 0.2) is 0 Å². The standard InChI is InChI=1S/C27H50O10S10/c28-5-14-42-23-46-18-34-26(31)3-12-39-20-38-10-1-7-36-37-9-17-45-22-44-16-8-33-25(30)2-11-40-21-41-13-4-27(32)35-19-47-24-43-15-6-29/h28-29H,1-24H2. The molecule has 0 saturated heterocycles. The van der Waals surface area contributed by atoms with Crippen LogP contribution in [0.25, 0.3) is 0 Å². The average Bonchev–Trinajstić information content (AvgIpc) is 3.06. The Balaban J connectivity index is 3.24. The van der Waals surface area contributed by atoms with Gasteiger partial charge in [0.2, 0.25) is 0 Å². The molecular formula is C27H50O10S10. The van der Waals surface area contributed by atoms with Crippen LogP contribution in [-0.2, 0) is 38.4 Å². The van der Waals surface area contributed by atoms with Gasteiger partial charge in [-0.05, 0) is 12.2 Å². The van der Waals surface area contributed by atoms with E-state index in [2.05, 4.69) is 0 Å². The molecule has 0 aliphatic heterocycles. The lowest BCUT2D eigenvalue weighted by molar-refractivity contribution is -0.289. The quantitative estimate of drug-likeness (QED) is 0.0183. The van der Waals surface area contributed by atoms with Gasteiger partial charge in [0.1, 0.15) is 18.5 Å². The molecule has 0 aliphatic carbocycles. The van der Waals surface area contributed by atoms with Gasteiger partial charge in [0.15, 0.2) is 0 Å². The largest absolute Gasteiger partial charge is 0.465 e. The van der Waals surface area contributed by atoms with E-state index in [9.17, 15) is 14.4 Å². The number of esters is 3. The van der Waals surface area contributed by atoms with E-state index in [1.807, 2.05) is 11.8 Å². The lowest BCUT2D eigenvalue weighted by Gasteiger charge is -2.06. The van der Waals surface area contributed by atoms with Crippen LogP contribution in [0.1, 0.15) is 25.7 Å². The predicted molar refractivity (Wildman–Crippen MR) is 217 cm³/mol. The summed E-state index contributed by atoms with van der Waals surface area (Å²) in [5.74, 6) is 6.33. The summed E-state index contributed by atoms with van der Waals surface area (Å²) < 4.78 is 15.6. The average molecular weight is 855 g/mol. The van der Waals surface area contributed by atoms with Crippen LogP contribution in [0.2, 0.25) is 0 Å². The Bertz CT molecular complexity index is 719. The fourth-order valence-corrected chi connectivity index (χ4v) is 11.5. The second-order valence-corrected chi connectivity index (χ2v) is 21.0. The zero-order valence-corrected chi connectivity index (χ0v) is 34.9. The molecule has 47 heavy (non-hydrogen) atoms. The lowest BCUT2D eigenvalue weighted by Crippen LogP contribution is -2.08. The smallest absolute Gasteiger partial charge is 0.307 e. The summed E-state index contributed by atoms with van der Waals surface area (Å²) in [7, 11) is 0. The third-order valence-corrected chi connectivity index (χ3v) is 15.8. The minimum Gasteiger partial charge on any atom is -0.465 e. The molecule has 0 atom stereocenters. The Kier molecular flexibility index (Phi) is 43.7. The first-order valence-corrected chi connectivity index (χ1v) is 26.3. The molecule has 0 aromatic heterocycles. The summed E-state index contributed by atoms with van der Waals surface area (Å²) in [6.45, 7) is 1.85. The van der Waals surface area contributed by atoms with E-state index in [1.165, 1.54) is 11.8 Å². The SMILES string of the molecule is O=C(CCSCSCCC(=O)OCSCSCCO)OCCSCSCCOOCCCSCSCCC(=O)OCSCSCCO. The van der Waals surface area contributed by atoms with Gasteiger partial charge in [-0.1, -0.05) is 0 Å². The van der Waals surface area contributed by atoms with Gasteiger partial charge >= 0.3 is 17.9 Å². The van der Waals surface area contributed by atoms with Crippen molar-refractivity contribution in [1.29, 1.82) is 0 Å². The van der Waals surface area contributed by atoms with Gasteiger partial charge in [-0.2, -0.15) is 47.0 Å². The van der Waals surface area contributed by atoms with Crippen molar-refractivity contribution in [3.63, 3.8) is 0 Å². The zero-order valence-electron chi connectivity index (χ0n) is 26.7. The summed E-state index contributed by atoms with van der Waals surface area (Å²) in [5, 5.41) is 21.7. The molecule has 0 aliphatic rings. The van der Waals surface area contributed by atoms with E-state index in [0.717, 1.165) is 54.9 Å². The van der Waals surface area contributed by atoms with Crippen LogP contribution < -0.4 is 0 Å². The molecule has 0 aromatic carbocycles. The van der Waals surface area contributed by atoms with Crippen molar-refractivity contribution in [2.24, 2.45) is 0 Å². The molecule has 278 valence electrons. The number of carbonyl (C=O) groups excluding carboxylic acids is 3. The van der Waals surface area contributed by atoms with Crippen LogP contribution in [0.3, 0.4) is 0 Å². The van der Waals surface area contributed by atoms with Crippen LogP contribution in [0.5, 0.6) is 0 Å². The highest BCUT2D eigenvalue weighted by atomic mass is 32.2. The predicted octanol–water partition coefficient (Wildman–Crippen LogP) is 6.14. The highest BCUT2D eigenvalue weighted by Crippen LogP contribution is 2.17. The number of aliphatic hydroxyl groups excluding tert-OH is 2. The second-order valence-electron chi connectivity index (χ2n) is 8.45. The maximum atomic E-state index is 11.9.